The molecule has 0 radical (unpaired) electrons. The van der Waals surface area contributed by atoms with Crippen molar-refractivity contribution >= 4 is 11.8 Å². The van der Waals surface area contributed by atoms with E-state index in [1.807, 2.05) is 0 Å². The number of anilines is 1. The molecule has 136 valence electrons. The smallest absolute Gasteiger partial charge is 0.360 e. The van der Waals surface area contributed by atoms with Gasteiger partial charge in [0.2, 0.25) is 11.6 Å². The molecule has 3 aromatic rings. The largest absolute Gasteiger partial charge is 0.494 e. The zero-order chi connectivity index (χ0) is 18.5. The van der Waals surface area contributed by atoms with Crippen molar-refractivity contribution in [2.75, 3.05) is 19.5 Å². The van der Waals surface area contributed by atoms with Crippen molar-refractivity contribution in [2.24, 2.45) is 0 Å². The number of methoxy groups -OCH3 is 1. The fraction of sp³-hybridized carbons (Fsp3) is 0.312. The molecule has 0 amide bonds. The van der Waals surface area contributed by atoms with Crippen molar-refractivity contribution in [2.45, 2.75) is 19.8 Å². The van der Waals surface area contributed by atoms with Crippen molar-refractivity contribution in [3.05, 3.63) is 30.0 Å². The van der Waals surface area contributed by atoms with Crippen LogP contribution in [0.25, 0.3) is 17.1 Å². The van der Waals surface area contributed by atoms with Gasteiger partial charge in [0.05, 0.1) is 13.7 Å². The SMILES string of the molecule is CCCCOc1ccc(-c2c(C(=O)OC)nnn2-c2nonc2N)cc1. The van der Waals surface area contributed by atoms with Crippen molar-refractivity contribution in [1.82, 2.24) is 25.3 Å². The van der Waals surface area contributed by atoms with Crippen molar-refractivity contribution < 1.29 is 18.9 Å². The molecule has 0 spiro atoms. The highest BCUT2D eigenvalue weighted by molar-refractivity contribution is 5.94. The summed E-state index contributed by atoms with van der Waals surface area (Å²) in [6.45, 7) is 2.74. The number of nitrogens with zero attached hydrogens (tertiary/aromatic N) is 5. The Bertz CT molecular complexity index is 887. The number of unbranched alkanes of at least 4 members (excludes halogenated alkanes) is 1. The van der Waals surface area contributed by atoms with Crippen LogP contribution in [0, 0.1) is 0 Å². The molecule has 2 N–H and O–H groups in total. The van der Waals surface area contributed by atoms with E-state index in [-0.39, 0.29) is 17.3 Å². The highest BCUT2D eigenvalue weighted by atomic mass is 16.6. The molecule has 3 rings (SSSR count). The molecular weight excluding hydrogens is 340 g/mol. The lowest BCUT2D eigenvalue weighted by Crippen LogP contribution is -2.07. The first-order chi connectivity index (χ1) is 12.7. The summed E-state index contributed by atoms with van der Waals surface area (Å²) in [6, 6.07) is 7.17. The van der Waals surface area contributed by atoms with Crippen molar-refractivity contribution in [3.63, 3.8) is 0 Å². The summed E-state index contributed by atoms with van der Waals surface area (Å²) < 4.78 is 16.3. The number of hydrogen-bond donors (Lipinski definition) is 1. The van der Waals surface area contributed by atoms with Gasteiger partial charge in [0, 0.05) is 5.56 Å². The van der Waals surface area contributed by atoms with Gasteiger partial charge in [-0.1, -0.05) is 18.6 Å². The third-order valence-electron chi connectivity index (χ3n) is 3.64. The number of aromatic nitrogens is 5. The maximum atomic E-state index is 12.1. The van der Waals surface area contributed by atoms with Crippen LogP contribution in [-0.4, -0.2) is 45.0 Å². The van der Waals surface area contributed by atoms with Gasteiger partial charge in [-0.25, -0.2) is 9.42 Å². The summed E-state index contributed by atoms with van der Waals surface area (Å²) in [4.78, 5) is 12.1. The third kappa shape index (κ3) is 3.34. The van der Waals surface area contributed by atoms with Crippen LogP contribution in [0.3, 0.4) is 0 Å². The third-order valence-corrected chi connectivity index (χ3v) is 3.64. The normalized spacial score (nSPS) is 10.7. The molecule has 0 aliphatic heterocycles. The van der Waals surface area contributed by atoms with Gasteiger partial charge in [-0.05, 0) is 41.0 Å². The fourth-order valence-corrected chi connectivity index (χ4v) is 2.30. The van der Waals surface area contributed by atoms with E-state index in [1.54, 1.807) is 24.3 Å². The molecular formula is C16H18N6O4. The Labute approximate surface area is 148 Å². The molecule has 2 aromatic heterocycles. The second-order valence-corrected chi connectivity index (χ2v) is 5.39. The summed E-state index contributed by atoms with van der Waals surface area (Å²) in [5.41, 5.74) is 6.77. The number of hydrogen-bond acceptors (Lipinski definition) is 9. The van der Waals surface area contributed by atoms with Gasteiger partial charge >= 0.3 is 5.97 Å². The molecule has 0 fully saturated rings. The fourth-order valence-electron chi connectivity index (χ4n) is 2.30. The average molecular weight is 358 g/mol. The molecule has 26 heavy (non-hydrogen) atoms. The first-order valence-electron chi connectivity index (χ1n) is 8.01. The number of rotatable bonds is 7. The van der Waals surface area contributed by atoms with Crippen LogP contribution < -0.4 is 10.5 Å². The summed E-state index contributed by atoms with van der Waals surface area (Å²) in [5.74, 6) is 0.242. The van der Waals surface area contributed by atoms with Crippen LogP contribution in [0.15, 0.2) is 28.9 Å². The Balaban J connectivity index is 2.01. The molecule has 2 heterocycles. The summed E-state index contributed by atoms with van der Waals surface area (Å²) in [6.07, 6.45) is 2.03. The highest BCUT2D eigenvalue weighted by Gasteiger charge is 2.25. The lowest BCUT2D eigenvalue weighted by molar-refractivity contribution is 0.0595. The van der Waals surface area contributed by atoms with E-state index in [4.69, 9.17) is 15.2 Å². The average Bonchev–Trinajstić information content (AvgIpc) is 3.27. The molecule has 0 aliphatic carbocycles. The van der Waals surface area contributed by atoms with Gasteiger partial charge < -0.3 is 15.2 Å². The number of carbonyl (C=O) groups is 1. The number of carbonyl (C=O) groups excluding carboxylic acids is 1. The highest BCUT2D eigenvalue weighted by Crippen LogP contribution is 2.28. The van der Waals surface area contributed by atoms with E-state index < -0.39 is 5.97 Å². The zero-order valence-corrected chi connectivity index (χ0v) is 14.4. The van der Waals surface area contributed by atoms with Gasteiger partial charge in [0.25, 0.3) is 0 Å². The molecule has 10 heteroatoms. The van der Waals surface area contributed by atoms with Crippen molar-refractivity contribution in [1.29, 1.82) is 0 Å². The minimum Gasteiger partial charge on any atom is -0.494 e. The summed E-state index contributed by atoms with van der Waals surface area (Å²) in [7, 11) is 1.27. The molecule has 0 aliphatic rings. The quantitative estimate of drug-likeness (QED) is 0.496. The molecule has 0 saturated heterocycles. The predicted molar refractivity (Wildman–Crippen MR) is 90.8 cm³/mol. The maximum absolute atomic E-state index is 12.1. The van der Waals surface area contributed by atoms with E-state index in [2.05, 4.69) is 32.2 Å². The van der Waals surface area contributed by atoms with Gasteiger partial charge in [-0.2, -0.15) is 4.68 Å². The topological polar surface area (TPSA) is 131 Å². The van der Waals surface area contributed by atoms with Crippen LogP contribution in [0.4, 0.5) is 5.82 Å². The van der Waals surface area contributed by atoms with E-state index in [1.165, 1.54) is 11.8 Å². The van der Waals surface area contributed by atoms with Gasteiger partial charge in [-0.15, -0.1) is 5.10 Å². The number of nitrogen functional groups attached to an aromatic ring is 1. The first-order valence-corrected chi connectivity index (χ1v) is 8.01. The van der Waals surface area contributed by atoms with Crippen molar-refractivity contribution in [3.8, 4) is 22.8 Å². The predicted octanol–water partition coefficient (Wildman–Crippen LogP) is 1.86. The Morgan fingerprint density at radius 2 is 2.04 bits per heavy atom. The number of nitrogens with two attached hydrogens (primary N) is 1. The standard InChI is InChI=1S/C16H18N6O4/c1-3-4-9-25-11-7-5-10(6-8-11)13-12(16(23)24-2)18-21-22(13)15-14(17)19-26-20-15/h5-8H,3-4,9H2,1-2H3,(H2,17,19). The second-order valence-electron chi connectivity index (χ2n) is 5.39. The Morgan fingerprint density at radius 1 is 1.27 bits per heavy atom. The Hall–Kier alpha value is -3.43. The van der Waals surface area contributed by atoms with Gasteiger partial charge in [-0.3, -0.25) is 0 Å². The molecule has 10 nitrogen and oxygen atoms in total. The number of esters is 1. The monoisotopic (exact) mass is 358 g/mol. The lowest BCUT2D eigenvalue weighted by atomic mass is 10.1. The Kier molecular flexibility index (Phi) is 5.11. The van der Waals surface area contributed by atoms with E-state index in [0.29, 0.717) is 17.9 Å². The maximum Gasteiger partial charge on any atom is 0.360 e. The van der Waals surface area contributed by atoms with Crippen LogP contribution in [0.2, 0.25) is 0 Å². The van der Waals surface area contributed by atoms with E-state index in [0.717, 1.165) is 18.6 Å². The van der Waals surface area contributed by atoms with E-state index in [9.17, 15) is 4.79 Å². The minimum absolute atomic E-state index is 0.0204. The zero-order valence-electron chi connectivity index (χ0n) is 14.4. The Morgan fingerprint density at radius 3 is 2.65 bits per heavy atom. The first kappa shape index (κ1) is 17.4. The lowest BCUT2D eigenvalue weighted by Gasteiger charge is -2.08. The molecule has 1 aromatic carbocycles. The molecule has 0 atom stereocenters. The van der Waals surface area contributed by atoms with E-state index >= 15 is 0 Å². The number of ether oxygens (including phenoxy) is 2. The molecule has 0 unspecified atom stereocenters. The van der Waals surface area contributed by atoms with Crippen LogP contribution in [-0.2, 0) is 4.74 Å². The molecule has 0 saturated carbocycles. The minimum atomic E-state index is -0.635. The number of benzene rings is 1. The van der Waals surface area contributed by atoms with Crippen LogP contribution in [0.1, 0.15) is 30.3 Å². The van der Waals surface area contributed by atoms with Gasteiger partial charge in [0.15, 0.2) is 5.69 Å². The second kappa shape index (κ2) is 7.64. The van der Waals surface area contributed by atoms with Gasteiger partial charge in [0.1, 0.15) is 11.4 Å². The summed E-state index contributed by atoms with van der Waals surface area (Å²) in [5, 5.41) is 15.1. The summed E-state index contributed by atoms with van der Waals surface area (Å²) >= 11 is 0. The van der Waals surface area contributed by atoms with Crippen LogP contribution in [0.5, 0.6) is 5.75 Å². The molecule has 0 bridgehead atoms. The van der Waals surface area contributed by atoms with Crippen LogP contribution >= 0.6 is 0 Å².